The zero-order valence-electron chi connectivity index (χ0n) is 17.0. The van der Waals surface area contributed by atoms with Crippen molar-refractivity contribution in [2.45, 2.75) is 67.3 Å². The molecule has 0 fully saturated rings. The topological polar surface area (TPSA) is 49.3 Å². The molecule has 0 unspecified atom stereocenters. The van der Waals surface area contributed by atoms with Crippen LogP contribution in [-0.4, -0.2) is 40.9 Å². The van der Waals surface area contributed by atoms with Gasteiger partial charge in [-0.3, -0.25) is 4.79 Å². The molecule has 1 aromatic heterocycles. The third-order valence-electron chi connectivity index (χ3n) is 4.82. The van der Waals surface area contributed by atoms with Crippen molar-refractivity contribution in [1.82, 2.24) is 14.9 Å². The average Bonchev–Trinajstić information content (AvgIpc) is 2.50. The number of hydrogen-bond acceptors (Lipinski definition) is 4. The zero-order valence-corrected chi connectivity index (χ0v) is 17.0. The van der Waals surface area contributed by atoms with E-state index in [9.17, 15) is 4.79 Å². The van der Waals surface area contributed by atoms with E-state index in [0.29, 0.717) is 18.9 Å². The Balaban J connectivity index is 2.13. The van der Waals surface area contributed by atoms with Gasteiger partial charge in [0.05, 0.1) is 12.2 Å². The molecule has 2 rings (SSSR count). The summed E-state index contributed by atoms with van der Waals surface area (Å²) in [6.07, 6.45) is 2.51. The lowest BCUT2D eigenvalue weighted by Crippen LogP contribution is -2.38. The van der Waals surface area contributed by atoms with E-state index in [-0.39, 0.29) is 11.3 Å². The summed E-state index contributed by atoms with van der Waals surface area (Å²) in [5.74, 6) is 2.45. The number of hydrogen-bond donors (Lipinski definition) is 0. The van der Waals surface area contributed by atoms with E-state index in [1.807, 2.05) is 18.9 Å². The van der Waals surface area contributed by atoms with Crippen molar-refractivity contribution < 1.29 is 4.79 Å². The summed E-state index contributed by atoms with van der Waals surface area (Å²) < 4.78 is 0. The van der Waals surface area contributed by atoms with E-state index in [2.05, 4.69) is 49.5 Å². The van der Waals surface area contributed by atoms with Crippen LogP contribution in [0.2, 0.25) is 0 Å². The van der Waals surface area contributed by atoms with Gasteiger partial charge in [-0.1, -0.05) is 27.7 Å². The molecule has 25 heavy (non-hydrogen) atoms. The lowest BCUT2D eigenvalue weighted by molar-refractivity contribution is -0.133. The van der Waals surface area contributed by atoms with Crippen molar-refractivity contribution in [2.75, 3.05) is 25.0 Å². The Labute approximate surface area is 152 Å². The van der Waals surface area contributed by atoms with Crippen molar-refractivity contribution in [3.8, 4) is 0 Å². The van der Waals surface area contributed by atoms with Gasteiger partial charge in [-0.15, -0.1) is 0 Å². The van der Waals surface area contributed by atoms with Gasteiger partial charge in [-0.05, 0) is 31.6 Å². The van der Waals surface area contributed by atoms with E-state index >= 15 is 0 Å². The largest absolute Gasteiger partial charge is 0.360 e. The number of aromatic nitrogens is 2. The van der Waals surface area contributed by atoms with Crippen LogP contribution in [0.5, 0.6) is 0 Å². The van der Waals surface area contributed by atoms with Gasteiger partial charge in [0.25, 0.3) is 0 Å². The van der Waals surface area contributed by atoms with E-state index in [0.717, 1.165) is 48.8 Å². The standard InChI is InChI=1S/C20H34N4O/c1-8-23(7)19-16-13-24(10-9-17(16)21-15(3)22-19)18(25)11-14(2)12-20(4,5)6/h14H,8-13H2,1-7H3/t14-/m0/s1. The lowest BCUT2D eigenvalue weighted by Gasteiger charge is -2.32. The number of carbonyl (C=O) groups excluding carboxylic acids is 1. The maximum atomic E-state index is 12.8. The van der Waals surface area contributed by atoms with Crippen LogP contribution in [0.4, 0.5) is 5.82 Å². The Hall–Kier alpha value is -1.65. The molecule has 0 spiro atoms. The minimum absolute atomic E-state index is 0.257. The second kappa shape index (κ2) is 7.71. The van der Waals surface area contributed by atoms with Crippen LogP contribution >= 0.6 is 0 Å². The fourth-order valence-corrected chi connectivity index (χ4v) is 3.74. The molecule has 0 bridgehead atoms. The number of rotatable bonds is 5. The predicted molar refractivity (Wildman–Crippen MR) is 103 cm³/mol. The monoisotopic (exact) mass is 346 g/mol. The molecule has 140 valence electrons. The zero-order chi connectivity index (χ0) is 18.8. The highest BCUT2D eigenvalue weighted by Crippen LogP contribution is 2.29. The van der Waals surface area contributed by atoms with E-state index in [4.69, 9.17) is 0 Å². The van der Waals surface area contributed by atoms with Crippen LogP contribution < -0.4 is 4.90 Å². The maximum Gasteiger partial charge on any atom is 0.223 e. The first kappa shape index (κ1) is 19.7. The van der Waals surface area contributed by atoms with Gasteiger partial charge >= 0.3 is 0 Å². The van der Waals surface area contributed by atoms with Gasteiger partial charge in [-0.25, -0.2) is 9.97 Å². The Morgan fingerprint density at radius 3 is 2.60 bits per heavy atom. The normalized spacial score (nSPS) is 15.7. The van der Waals surface area contributed by atoms with Crippen LogP contribution in [0.25, 0.3) is 0 Å². The highest BCUT2D eigenvalue weighted by atomic mass is 16.2. The van der Waals surface area contributed by atoms with Crippen LogP contribution in [0.1, 0.15) is 64.5 Å². The van der Waals surface area contributed by atoms with Gasteiger partial charge in [0.2, 0.25) is 5.91 Å². The maximum absolute atomic E-state index is 12.8. The van der Waals surface area contributed by atoms with Gasteiger partial charge in [-0.2, -0.15) is 0 Å². The lowest BCUT2D eigenvalue weighted by atomic mass is 9.84. The average molecular weight is 347 g/mol. The second-order valence-electron chi connectivity index (χ2n) is 8.67. The summed E-state index contributed by atoms with van der Waals surface area (Å²) in [4.78, 5) is 26.2. The Morgan fingerprint density at radius 2 is 2.00 bits per heavy atom. The molecule has 1 atom stereocenters. The first-order valence-corrected chi connectivity index (χ1v) is 9.46. The third-order valence-corrected chi connectivity index (χ3v) is 4.82. The number of aryl methyl sites for hydroxylation is 1. The molecule has 1 aliphatic heterocycles. The SMILES string of the molecule is CCN(C)c1nc(C)nc2c1CN(C(=O)C[C@H](C)CC(C)(C)C)CC2. The number of nitrogens with zero attached hydrogens (tertiary/aromatic N) is 4. The van der Waals surface area contributed by atoms with E-state index in [1.165, 1.54) is 0 Å². The van der Waals surface area contributed by atoms with Crippen LogP contribution in [0.15, 0.2) is 0 Å². The number of anilines is 1. The van der Waals surface area contributed by atoms with E-state index < -0.39 is 0 Å². The Kier molecular flexibility index (Phi) is 6.07. The molecule has 5 heteroatoms. The second-order valence-corrected chi connectivity index (χ2v) is 8.67. The summed E-state index contributed by atoms with van der Waals surface area (Å²) in [7, 11) is 2.05. The van der Waals surface area contributed by atoms with Crippen LogP contribution in [0.3, 0.4) is 0 Å². The summed E-state index contributed by atoms with van der Waals surface area (Å²) in [6, 6.07) is 0. The third kappa shape index (κ3) is 5.16. The molecular weight excluding hydrogens is 312 g/mol. The van der Waals surface area contributed by atoms with E-state index in [1.54, 1.807) is 0 Å². The fraction of sp³-hybridized carbons (Fsp3) is 0.750. The van der Waals surface area contributed by atoms with Crippen molar-refractivity contribution in [3.05, 3.63) is 17.1 Å². The Morgan fingerprint density at radius 1 is 1.32 bits per heavy atom. The van der Waals surface area contributed by atoms with Crippen molar-refractivity contribution >= 4 is 11.7 Å². The molecule has 1 aliphatic rings. The minimum Gasteiger partial charge on any atom is -0.360 e. The summed E-state index contributed by atoms with van der Waals surface area (Å²) in [5, 5.41) is 0. The van der Waals surface area contributed by atoms with Gasteiger partial charge < -0.3 is 9.80 Å². The molecule has 0 radical (unpaired) electrons. The molecule has 1 amide bonds. The molecule has 0 N–H and O–H groups in total. The molecule has 0 saturated heterocycles. The molecule has 1 aromatic rings. The number of carbonyl (C=O) groups is 1. The number of fused-ring (bicyclic) bond motifs is 1. The predicted octanol–water partition coefficient (Wildman–Crippen LogP) is 3.59. The first-order valence-electron chi connectivity index (χ1n) is 9.46. The summed E-state index contributed by atoms with van der Waals surface area (Å²) >= 11 is 0. The van der Waals surface area contributed by atoms with Crippen molar-refractivity contribution in [3.63, 3.8) is 0 Å². The van der Waals surface area contributed by atoms with Crippen molar-refractivity contribution in [2.24, 2.45) is 11.3 Å². The summed E-state index contributed by atoms with van der Waals surface area (Å²) in [5.41, 5.74) is 2.49. The molecule has 2 heterocycles. The fourth-order valence-electron chi connectivity index (χ4n) is 3.74. The highest BCUT2D eigenvalue weighted by Gasteiger charge is 2.27. The van der Waals surface area contributed by atoms with Gasteiger partial charge in [0.15, 0.2) is 0 Å². The molecule has 0 aromatic carbocycles. The smallest absolute Gasteiger partial charge is 0.223 e. The van der Waals surface area contributed by atoms with Crippen LogP contribution in [-0.2, 0) is 17.8 Å². The van der Waals surface area contributed by atoms with Gasteiger partial charge in [0, 0.05) is 38.5 Å². The molecule has 0 aliphatic carbocycles. The quantitative estimate of drug-likeness (QED) is 0.817. The number of amides is 1. The highest BCUT2D eigenvalue weighted by molar-refractivity contribution is 5.77. The molecular formula is C20H34N4O. The summed E-state index contributed by atoms with van der Waals surface area (Å²) in [6.45, 7) is 15.2. The van der Waals surface area contributed by atoms with Gasteiger partial charge in [0.1, 0.15) is 11.6 Å². The Bertz CT molecular complexity index is 621. The van der Waals surface area contributed by atoms with Crippen molar-refractivity contribution in [1.29, 1.82) is 0 Å². The van der Waals surface area contributed by atoms with Crippen LogP contribution in [0, 0.1) is 18.3 Å². The minimum atomic E-state index is 0.257. The molecule has 5 nitrogen and oxygen atoms in total. The molecule has 0 saturated carbocycles. The first-order chi connectivity index (χ1) is 11.6.